The zero-order chi connectivity index (χ0) is 12.0. The lowest BCUT2D eigenvalue weighted by molar-refractivity contribution is -0.141. The molecule has 1 aliphatic rings. The molecule has 1 saturated carbocycles. The lowest BCUT2D eigenvalue weighted by atomic mass is 9.84. The molecule has 4 N–H and O–H groups in total. The molecule has 2 atom stereocenters. The summed E-state index contributed by atoms with van der Waals surface area (Å²) in [4.78, 5) is 15.7. The fraction of sp³-hybridized carbons (Fsp3) is 0.909. The van der Waals surface area contributed by atoms with E-state index >= 15 is 0 Å². The molecular weight excluding hydrogens is 208 g/mol. The SMILES string of the molecule is CONC(=O)C(O)C(N)CC1CCCCC1. The van der Waals surface area contributed by atoms with Crippen molar-refractivity contribution in [2.24, 2.45) is 11.7 Å². The van der Waals surface area contributed by atoms with Gasteiger partial charge in [0.15, 0.2) is 0 Å². The first-order valence-electron chi connectivity index (χ1n) is 5.91. The molecule has 1 fully saturated rings. The van der Waals surface area contributed by atoms with Crippen LogP contribution in [-0.2, 0) is 9.63 Å². The van der Waals surface area contributed by atoms with E-state index in [0.29, 0.717) is 12.3 Å². The minimum absolute atomic E-state index is 0.502. The highest BCUT2D eigenvalue weighted by Crippen LogP contribution is 2.27. The Labute approximate surface area is 96.3 Å². The molecule has 0 aromatic rings. The first-order valence-corrected chi connectivity index (χ1v) is 5.91. The normalized spacial score (nSPS) is 21.4. The van der Waals surface area contributed by atoms with Gasteiger partial charge >= 0.3 is 0 Å². The Kier molecular flexibility index (Phi) is 5.73. The molecule has 0 heterocycles. The zero-order valence-electron chi connectivity index (χ0n) is 9.82. The Morgan fingerprint density at radius 1 is 1.50 bits per heavy atom. The van der Waals surface area contributed by atoms with E-state index in [1.54, 1.807) is 0 Å². The molecule has 0 aliphatic heterocycles. The summed E-state index contributed by atoms with van der Waals surface area (Å²) in [6.45, 7) is 0. The molecule has 16 heavy (non-hydrogen) atoms. The molecule has 0 aromatic carbocycles. The minimum Gasteiger partial charge on any atom is -0.382 e. The smallest absolute Gasteiger partial charge is 0.273 e. The van der Waals surface area contributed by atoms with Crippen LogP contribution in [0.5, 0.6) is 0 Å². The first-order chi connectivity index (χ1) is 7.65. The van der Waals surface area contributed by atoms with Crippen LogP contribution >= 0.6 is 0 Å². The summed E-state index contributed by atoms with van der Waals surface area (Å²) in [5, 5.41) is 9.63. The standard InChI is InChI=1S/C11H22N2O3/c1-16-13-11(15)10(14)9(12)7-8-5-3-2-4-6-8/h8-10,14H,2-7,12H2,1H3,(H,13,15). The lowest BCUT2D eigenvalue weighted by Crippen LogP contribution is -2.47. The lowest BCUT2D eigenvalue weighted by Gasteiger charge is -2.26. The Morgan fingerprint density at radius 3 is 2.69 bits per heavy atom. The van der Waals surface area contributed by atoms with Crippen molar-refractivity contribution in [2.45, 2.75) is 50.7 Å². The number of nitrogens with one attached hydrogen (secondary N) is 1. The number of carbonyl (C=O) groups is 1. The average molecular weight is 230 g/mol. The monoisotopic (exact) mass is 230 g/mol. The van der Waals surface area contributed by atoms with E-state index in [1.165, 1.54) is 26.4 Å². The maximum Gasteiger partial charge on any atom is 0.273 e. The van der Waals surface area contributed by atoms with Crippen LogP contribution in [0.3, 0.4) is 0 Å². The molecular formula is C11H22N2O3. The Bertz CT molecular complexity index is 217. The number of aliphatic hydroxyl groups excluding tert-OH is 1. The van der Waals surface area contributed by atoms with Crippen LogP contribution in [0.1, 0.15) is 38.5 Å². The van der Waals surface area contributed by atoms with Crippen molar-refractivity contribution in [3.8, 4) is 0 Å². The quantitative estimate of drug-likeness (QED) is 0.594. The molecule has 0 spiro atoms. The molecule has 0 saturated heterocycles. The van der Waals surface area contributed by atoms with Crippen LogP contribution in [0.4, 0.5) is 0 Å². The van der Waals surface area contributed by atoms with Gasteiger partial charge < -0.3 is 10.8 Å². The summed E-state index contributed by atoms with van der Waals surface area (Å²) >= 11 is 0. The van der Waals surface area contributed by atoms with E-state index in [-0.39, 0.29) is 0 Å². The second-order valence-electron chi connectivity index (χ2n) is 4.52. The third kappa shape index (κ3) is 4.08. The second kappa shape index (κ2) is 6.83. The van der Waals surface area contributed by atoms with Crippen molar-refractivity contribution < 1.29 is 14.7 Å². The average Bonchev–Trinajstić information content (AvgIpc) is 2.29. The van der Waals surface area contributed by atoms with Gasteiger partial charge in [-0.05, 0) is 12.3 Å². The fourth-order valence-electron chi connectivity index (χ4n) is 2.29. The largest absolute Gasteiger partial charge is 0.382 e. The number of hydroxylamine groups is 1. The van der Waals surface area contributed by atoms with Crippen molar-refractivity contribution >= 4 is 5.91 Å². The molecule has 5 nitrogen and oxygen atoms in total. The predicted octanol–water partition coefficient (Wildman–Crippen LogP) is 0.323. The molecule has 1 aliphatic carbocycles. The van der Waals surface area contributed by atoms with Crippen LogP contribution in [0.15, 0.2) is 0 Å². The van der Waals surface area contributed by atoms with Gasteiger partial charge in [-0.2, -0.15) is 0 Å². The van der Waals surface area contributed by atoms with Crippen molar-refractivity contribution in [3.05, 3.63) is 0 Å². The summed E-state index contributed by atoms with van der Waals surface area (Å²) < 4.78 is 0. The highest BCUT2D eigenvalue weighted by Gasteiger charge is 2.26. The Morgan fingerprint density at radius 2 is 2.12 bits per heavy atom. The van der Waals surface area contributed by atoms with Gasteiger partial charge in [-0.1, -0.05) is 32.1 Å². The molecule has 0 aromatic heterocycles. The van der Waals surface area contributed by atoms with Gasteiger partial charge in [0.05, 0.1) is 7.11 Å². The van der Waals surface area contributed by atoms with Crippen LogP contribution in [-0.4, -0.2) is 30.3 Å². The molecule has 5 heteroatoms. The number of aliphatic hydroxyl groups is 1. The molecule has 94 valence electrons. The number of carbonyl (C=O) groups excluding carboxylic acids is 1. The third-order valence-electron chi connectivity index (χ3n) is 3.21. The van der Waals surface area contributed by atoms with E-state index in [2.05, 4.69) is 10.3 Å². The van der Waals surface area contributed by atoms with Crippen LogP contribution in [0, 0.1) is 5.92 Å². The number of hydrogen-bond donors (Lipinski definition) is 3. The van der Waals surface area contributed by atoms with Gasteiger partial charge in [0.2, 0.25) is 0 Å². The molecule has 0 radical (unpaired) electrons. The zero-order valence-corrected chi connectivity index (χ0v) is 9.82. The Hall–Kier alpha value is -0.650. The predicted molar refractivity (Wildman–Crippen MR) is 60.3 cm³/mol. The molecule has 1 amide bonds. The summed E-state index contributed by atoms with van der Waals surface area (Å²) in [5.41, 5.74) is 7.91. The van der Waals surface area contributed by atoms with E-state index in [9.17, 15) is 9.90 Å². The van der Waals surface area contributed by atoms with Crippen LogP contribution in [0.2, 0.25) is 0 Å². The van der Waals surface area contributed by atoms with Gasteiger partial charge in [0, 0.05) is 6.04 Å². The van der Waals surface area contributed by atoms with Gasteiger partial charge in [0.1, 0.15) is 6.10 Å². The maximum absolute atomic E-state index is 11.3. The third-order valence-corrected chi connectivity index (χ3v) is 3.21. The summed E-state index contributed by atoms with van der Waals surface area (Å²) in [7, 11) is 1.33. The van der Waals surface area contributed by atoms with E-state index in [0.717, 1.165) is 12.8 Å². The van der Waals surface area contributed by atoms with E-state index < -0.39 is 18.1 Å². The van der Waals surface area contributed by atoms with E-state index in [4.69, 9.17) is 5.73 Å². The fourth-order valence-corrected chi connectivity index (χ4v) is 2.29. The van der Waals surface area contributed by atoms with Crippen LogP contribution in [0.25, 0.3) is 0 Å². The number of nitrogens with two attached hydrogens (primary N) is 1. The second-order valence-corrected chi connectivity index (χ2v) is 4.52. The van der Waals surface area contributed by atoms with Crippen molar-refractivity contribution in [3.63, 3.8) is 0 Å². The Balaban J connectivity index is 2.32. The first kappa shape index (κ1) is 13.4. The van der Waals surface area contributed by atoms with Crippen LogP contribution < -0.4 is 11.2 Å². The molecule has 0 bridgehead atoms. The van der Waals surface area contributed by atoms with Gasteiger partial charge in [-0.15, -0.1) is 0 Å². The molecule has 1 rings (SSSR count). The summed E-state index contributed by atoms with van der Waals surface area (Å²) in [6.07, 6.45) is 5.60. The number of hydrogen-bond acceptors (Lipinski definition) is 4. The number of amides is 1. The maximum atomic E-state index is 11.3. The molecule has 2 unspecified atom stereocenters. The van der Waals surface area contributed by atoms with Crippen molar-refractivity contribution in [2.75, 3.05) is 7.11 Å². The topological polar surface area (TPSA) is 84.6 Å². The van der Waals surface area contributed by atoms with Crippen molar-refractivity contribution in [1.29, 1.82) is 0 Å². The highest BCUT2D eigenvalue weighted by atomic mass is 16.6. The van der Waals surface area contributed by atoms with Gasteiger partial charge in [0.25, 0.3) is 5.91 Å². The highest BCUT2D eigenvalue weighted by molar-refractivity contribution is 5.80. The van der Waals surface area contributed by atoms with Gasteiger partial charge in [-0.3, -0.25) is 9.63 Å². The van der Waals surface area contributed by atoms with Crippen molar-refractivity contribution in [1.82, 2.24) is 5.48 Å². The minimum atomic E-state index is -1.18. The van der Waals surface area contributed by atoms with E-state index in [1.807, 2.05) is 0 Å². The summed E-state index contributed by atoms with van der Waals surface area (Å²) in [5.74, 6) is -0.0143. The summed E-state index contributed by atoms with van der Waals surface area (Å²) in [6, 6.07) is -0.502. The van der Waals surface area contributed by atoms with Gasteiger partial charge in [-0.25, -0.2) is 5.48 Å². The number of rotatable bonds is 5.